The maximum Gasteiger partial charge on any atom is 0.254 e. The summed E-state index contributed by atoms with van der Waals surface area (Å²) in [6.45, 7) is 5.08. The lowest BCUT2D eigenvalue weighted by Gasteiger charge is -2.34. The summed E-state index contributed by atoms with van der Waals surface area (Å²) in [4.78, 5) is 29.0. The van der Waals surface area contributed by atoms with E-state index in [-0.39, 0.29) is 5.91 Å². The lowest BCUT2D eigenvalue weighted by atomic mass is 10.1. The normalized spacial score (nSPS) is 15.0. The van der Waals surface area contributed by atoms with E-state index in [1.54, 1.807) is 6.33 Å². The van der Waals surface area contributed by atoms with Gasteiger partial charge in [0.1, 0.15) is 5.82 Å². The molecule has 4 aromatic rings. The number of nitrogens with one attached hydrogen (secondary N) is 1. The van der Waals surface area contributed by atoms with Crippen LogP contribution in [0.5, 0.6) is 0 Å². The van der Waals surface area contributed by atoms with Crippen molar-refractivity contribution in [1.82, 2.24) is 29.3 Å². The maximum atomic E-state index is 12.9. The summed E-state index contributed by atoms with van der Waals surface area (Å²) in [5.74, 6) is 1.09. The van der Waals surface area contributed by atoms with Crippen LogP contribution in [0.2, 0.25) is 0 Å². The Morgan fingerprint density at radius 2 is 1.80 bits per heavy atom. The fraction of sp³-hybridized carbons (Fsp3) is 0.261. The number of carbonyl (C=O) groups is 1. The first-order valence-electron chi connectivity index (χ1n) is 10.3. The highest BCUT2D eigenvalue weighted by Crippen LogP contribution is 2.17. The molecule has 0 atom stereocenters. The van der Waals surface area contributed by atoms with Crippen LogP contribution in [-0.4, -0.2) is 67.9 Å². The molecule has 5 rings (SSSR count). The molecule has 2 aromatic carbocycles. The number of benzene rings is 2. The van der Waals surface area contributed by atoms with Crippen molar-refractivity contribution in [2.24, 2.45) is 0 Å². The van der Waals surface area contributed by atoms with Crippen LogP contribution in [0.1, 0.15) is 10.4 Å². The summed E-state index contributed by atoms with van der Waals surface area (Å²) in [7, 11) is 0. The molecule has 0 spiro atoms. The maximum absolute atomic E-state index is 12.9. The largest absolute Gasteiger partial charge is 0.345 e. The Morgan fingerprint density at radius 3 is 2.63 bits per heavy atom. The van der Waals surface area contributed by atoms with Crippen molar-refractivity contribution in [3.05, 3.63) is 72.8 Å². The van der Waals surface area contributed by atoms with Gasteiger partial charge in [-0.25, -0.2) is 9.97 Å². The second-order valence-electron chi connectivity index (χ2n) is 7.58. The quantitative estimate of drug-likeness (QED) is 0.559. The number of hydrogen-bond acceptors (Lipinski definition) is 4. The Kier molecular flexibility index (Phi) is 5.03. The molecule has 2 aromatic heterocycles. The molecule has 1 aliphatic heterocycles. The van der Waals surface area contributed by atoms with Gasteiger partial charge in [0.25, 0.3) is 5.91 Å². The molecule has 0 aliphatic carbocycles. The SMILES string of the molecule is O=C(c1ccc2nc[nH]c2c1)N1CCN(CCn2ccnc2-c2ccccc2)CC1. The summed E-state index contributed by atoms with van der Waals surface area (Å²) in [5.41, 5.74) is 3.62. The molecule has 1 aliphatic rings. The van der Waals surface area contributed by atoms with Crippen LogP contribution in [0.15, 0.2) is 67.3 Å². The average molecular weight is 400 g/mol. The number of hydrogen-bond donors (Lipinski definition) is 1. The van der Waals surface area contributed by atoms with Crippen molar-refractivity contribution in [3.8, 4) is 11.4 Å². The Morgan fingerprint density at radius 1 is 0.967 bits per heavy atom. The molecule has 1 saturated heterocycles. The van der Waals surface area contributed by atoms with Gasteiger partial charge >= 0.3 is 0 Å². The molecule has 1 N–H and O–H groups in total. The van der Waals surface area contributed by atoms with Gasteiger partial charge in [-0.15, -0.1) is 0 Å². The molecular formula is C23H24N6O. The highest BCUT2D eigenvalue weighted by Gasteiger charge is 2.22. The minimum Gasteiger partial charge on any atom is -0.345 e. The minimum absolute atomic E-state index is 0.0899. The van der Waals surface area contributed by atoms with Gasteiger partial charge in [0.2, 0.25) is 0 Å². The standard InChI is InChI=1S/C23H24N6O/c30-23(19-6-7-20-21(16-19)26-17-25-20)29-14-11-27(12-15-29)10-13-28-9-8-24-22(28)18-4-2-1-3-5-18/h1-9,16-17H,10-15H2,(H,25,26). The number of rotatable bonds is 5. The van der Waals surface area contributed by atoms with Crippen LogP contribution in [0.25, 0.3) is 22.4 Å². The number of aromatic nitrogens is 4. The molecule has 7 nitrogen and oxygen atoms in total. The van der Waals surface area contributed by atoms with Gasteiger partial charge in [-0.3, -0.25) is 9.69 Å². The van der Waals surface area contributed by atoms with Crippen LogP contribution in [0.4, 0.5) is 0 Å². The molecule has 30 heavy (non-hydrogen) atoms. The van der Waals surface area contributed by atoms with Crippen molar-refractivity contribution < 1.29 is 4.79 Å². The Hall–Kier alpha value is -3.45. The number of imidazole rings is 2. The molecule has 1 fully saturated rings. The van der Waals surface area contributed by atoms with Crippen molar-refractivity contribution >= 4 is 16.9 Å². The smallest absolute Gasteiger partial charge is 0.254 e. The second-order valence-corrected chi connectivity index (χ2v) is 7.58. The summed E-state index contributed by atoms with van der Waals surface area (Å²) in [6.07, 6.45) is 5.55. The van der Waals surface area contributed by atoms with Gasteiger partial charge in [-0.2, -0.15) is 0 Å². The molecule has 0 unspecified atom stereocenters. The van der Waals surface area contributed by atoms with Gasteiger partial charge in [-0.1, -0.05) is 30.3 Å². The first-order chi connectivity index (χ1) is 14.8. The lowest BCUT2D eigenvalue weighted by Crippen LogP contribution is -2.49. The van der Waals surface area contributed by atoms with Gasteiger partial charge in [0, 0.05) is 62.8 Å². The van der Waals surface area contributed by atoms with E-state index < -0.39 is 0 Å². The molecule has 7 heteroatoms. The molecule has 1 amide bonds. The number of fused-ring (bicyclic) bond motifs is 1. The number of carbonyl (C=O) groups excluding carboxylic acids is 1. The summed E-state index contributed by atoms with van der Waals surface area (Å²) >= 11 is 0. The predicted molar refractivity (Wildman–Crippen MR) is 116 cm³/mol. The summed E-state index contributed by atoms with van der Waals surface area (Å²) in [5, 5.41) is 0. The lowest BCUT2D eigenvalue weighted by molar-refractivity contribution is 0.0633. The third-order valence-corrected chi connectivity index (χ3v) is 5.73. The van der Waals surface area contributed by atoms with E-state index in [4.69, 9.17) is 0 Å². The molecular weight excluding hydrogens is 376 g/mol. The Balaban J connectivity index is 1.17. The zero-order chi connectivity index (χ0) is 20.3. The molecule has 152 valence electrons. The van der Waals surface area contributed by atoms with Crippen LogP contribution in [0, 0.1) is 0 Å². The second kappa shape index (κ2) is 8.12. The van der Waals surface area contributed by atoms with Crippen molar-refractivity contribution in [3.63, 3.8) is 0 Å². The number of H-pyrrole nitrogens is 1. The van der Waals surface area contributed by atoms with Crippen molar-refractivity contribution in [2.75, 3.05) is 32.7 Å². The van der Waals surface area contributed by atoms with Crippen LogP contribution < -0.4 is 0 Å². The number of nitrogens with zero attached hydrogens (tertiary/aromatic N) is 5. The zero-order valence-electron chi connectivity index (χ0n) is 16.7. The van der Waals surface area contributed by atoms with E-state index >= 15 is 0 Å². The van der Waals surface area contributed by atoms with Crippen molar-refractivity contribution in [1.29, 1.82) is 0 Å². The van der Waals surface area contributed by atoms with Gasteiger partial charge in [-0.05, 0) is 18.2 Å². The zero-order valence-corrected chi connectivity index (χ0v) is 16.7. The average Bonchev–Trinajstić information content (AvgIpc) is 3.47. The third kappa shape index (κ3) is 3.71. The molecule has 0 bridgehead atoms. The van der Waals surface area contributed by atoms with E-state index in [9.17, 15) is 4.79 Å². The van der Waals surface area contributed by atoms with E-state index in [1.165, 1.54) is 0 Å². The molecule has 3 heterocycles. The van der Waals surface area contributed by atoms with Crippen LogP contribution >= 0.6 is 0 Å². The molecule has 0 radical (unpaired) electrons. The Bertz CT molecular complexity index is 1140. The number of amides is 1. The van der Waals surface area contributed by atoms with E-state index in [2.05, 4.69) is 36.6 Å². The monoisotopic (exact) mass is 400 g/mol. The highest BCUT2D eigenvalue weighted by molar-refractivity contribution is 5.97. The summed E-state index contributed by atoms with van der Waals surface area (Å²) < 4.78 is 2.20. The molecule has 0 saturated carbocycles. The predicted octanol–water partition coefficient (Wildman–Crippen LogP) is 2.88. The van der Waals surface area contributed by atoms with Gasteiger partial charge in [0.15, 0.2) is 0 Å². The fourth-order valence-corrected chi connectivity index (χ4v) is 4.01. The van der Waals surface area contributed by atoms with Crippen molar-refractivity contribution in [2.45, 2.75) is 6.54 Å². The fourth-order valence-electron chi connectivity index (χ4n) is 4.01. The third-order valence-electron chi connectivity index (χ3n) is 5.73. The highest BCUT2D eigenvalue weighted by atomic mass is 16.2. The topological polar surface area (TPSA) is 70.1 Å². The minimum atomic E-state index is 0.0899. The van der Waals surface area contributed by atoms with Crippen LogP contribution in [0.3, 0.4) is 0 Å². The first kappa shape index (κ1) is 18.6. The Labute approximate surface area is 175 Å². The van der Waals surface area contributed by atoms with Gasteiger partial charge in [0.05, 0.1) is 17.4 Å². The summed E-state index contributed by atoms with van der Waals surface area (Å²) in [6, 6.07) is 15.9. The van der Waals surface area contributed by atoms with Gasteiger partial charge < -0.3 is 14.5 Å². The van der Waals surface area contributed by atoms with E-state index in [0.29, 0.717) is 5.56 Å². The van der Waals surface area contributed by atoms with E-state index in [0.717, 1.165) is 61.7 Å². The number of aromatic amines is 1. The van der Waals surface area contributed by atoms with Crippen LogP contribution in [-0.2, 0) is 6.54 Å². The first-order valence-corrected chi connectivity index (χ1v) is 10.3. The number of piperazine rings is 1. The van der Waals surface area contributed by atoms with E-state index in [1.807, 2.05) is 53.7 Å².